The van der Waals surface area contributed by atoms with E-state index in [2.05, 4.69) is 24.4 Å². The van der Waals surface area contributed by atoms with Crippen molar-refractivity contribution in [2.45, 2.75) is 33.6 Å². The average Bonchev–Trinajstić information content (AvgIpc) is 2.69. The molecule has 0 fully saturated rings. The lowest BCUT2D eigenvalue weighted by Gasteiger charge is -2.11. The monoisotopic (exact) mass is 384 g/mol. The molecule has 0 bridgehead atoms. The molecule has 0 atom stereocenters. The van der Waals surface area contributed by atoms with Gasteiger partial charge in [0.2, 0.25) is 0 Å². The number of hydrogen-bond donors (Lipinski definition) is 1. The number of amides is 1. The number of nitrogens with zero attached hydrogens (tertiary/aromatic N) is 1. The molecule has 1 amide bonds. The van der Waals surface area contributed by atoms with E-state index in [1.54, 1.807) is 6.21 Å². The standard InChI is InChI=1S/C22H28N2O4/c1-5-26-20-12-7-17(13-21(20)27-6-2)14-23-24-22(25)15-28-19-10-8-18(9-11-19)16(3)4/h7-14,16H,5-6,15H2,1-4H3,(H,24,25)/b23-14+. The van der Waals surface area contributed by atoms with E-state index in [-0.39, 0.29) is 12.5 Å². The first-order chi connectivity index (χ1) is 13.5. The molecule has 2 aromatic rings. The smallest absolute Gasteiger partial charge is 0.277 e. The third-order valence-electron chi connectivity index (χ3n) is 3.89. The summed E-state index contributed by atoms with van der Waals surface area (Å²) in [6, 6.07) is 13.2. The van der Waals surface area contributed by atoms with Crippen LogP contribution >= 0.6 is 0 Å². The van der Waals surface area contributed by atoms with Gasteiger partial charge in [-0.1, -0.05) is 26.0 Å². The maximum Gasteiger partial charge on any atom is 0.277 e. The highest BCUT2D eigenvalue weighted by Crippen LogP contribution is 2.28. The zero-order chi connectivity index (χ0) is 20.4. The minimum absolute atomic E-state index is 0.105. The molecule has 0 aliphatic carbocycles. The first-order valence-electron chi connectivity index (χ1n) is 9.47. The van der Waals surface area contributed by atoms with Crippen LogP contribution in [0.5, 0.6) is 17.2 Å². The Morgan fingerprint density at radius 2 is 1.68 bits per heavy atom. The molecule has 0 aliphatic rings. The molecule has 0 radical (unpaired) electrons. The van der Waals surface area contributed by atoms with Gasteiger partial charge in [0, 0.05) is 0 Å². The lowest BCUT2D eigenvalue weighted by molar-refractivity contribution is -0.123. The summed E-state index contributed by atoms with van der Waals surface area (Å²) in [6.45, 7) is 9.07. The van der Waals surface area contributed by atoms with Crippen LogP contribution in [0.2, 0.25) is 0 Å². The Hall–Kier alpha value is -3.02. The number of carbonyl (C=O) groups is 1. The number of hydrogen-bond acceptors (Lipinski definition) is 5. The first-order valence-corrected chi connectivity index (χ1v) is 9.47. The van der Waals surface area contributed by atoms with Crippen molar-refractivity contribution in [1.82, 2.24) is 5.43 Å². The van der Waals surface area contributed by atoms with Crippen molar-refractivity contribution in [2.24, 2.45) is 5.10 Å². The Balaban J connectivity index is 1.86. The Morgan fingerprint density at radius 1 is 1.00 bits per heavy atom. The van der Waals surface area contributed by atoms with Crippen LogP contribution in [-0.4, -0.2) is 31.9 Å². The molecule has 150 valence electrons. The molecule has 0 unspecified atom stereocenters. The molecule has 1 N–H and O–H groups in total. The number of ether oxygens (including phenoxy) is 3. The molecule has 28 heavy (non-hydrogen) atoms. The molecule has 0 spiro atoms. The van der Waals surface area contributed by atoms with E-state index >= 15 is 0 Å². The van der Waals surface area contributed by atoms with Crippen molar-refractivity contribution >= 4 is 12.1 Å². The van der Waals surface area contributed by atoms with Gasteiger partial charge in [-0.25, -0.2) is 5.43 Å². The molecule has 0 saturated carbocycles. The maximum absolute atomic E-state index is 11.9. The van der Waals surface area contributed by atoms with Gasteiger partial charge in [-0.05, 0) is 61.2 Å². The van der Waals surface area contributed by atoms with Gasteiger partial charge in [-0.2, -0.15) is 5.10 Å². The third kappa shape index (κ3) is 6.61. The fourth-order valence-electron chi connectivity index (χ4n) is 2.46. The number of nitrogens with one attached hydrogen (secondary N) is 1. The van der Waals surface area contributed by atoms with Crippen LogP contribution < -0.4 is 19.6 Å². The normalized spacial score (nSPS) is 10.9. The first kappa shape index (κ1) is 21.3. The summed E-state index contributed by atoms with van der Waals surface area (Å²) >= 11 is 0. The fraction of sp³-hybridized carbons (Fsp3) is 0.364. The molecular weight excluding hydrogens is 356 g/mol. The molecule has 2 aromatic carbocycles. The van der Waals surface area contributed by atoms with E-state index in [1.165, 1.54) is 5.56 Å². The Labute approximate surface area is 166 Å². The predicted molar refractivity (Wildman–Crippen MR) is 111 cm³/mol. The SMILES string of the molecule is CCOc1ccc(/C=N/NC(=O)COc2ccc(C(C)C)cc2)cc1OCC. The van der Waals surface area contributed by atoms with Crippen LogP contribution in [0.3, 0.4) is 0 Å². The fourth-order valence-corrected chi connectivity index (χ4v) is 2.46. The van der Waals surface area contributed by atoms with Crippen LogP contribution in [-0.2, 0) is 4.79 Å². The van der Waals surface area contributed by atoms with Crippen molar-refractivity contribution in [3.63, 3.8) is 0 Å². The van der Waals surface area contributed by atoms with Crippen LogP contribution in [0.15, 0.2) is 47.6 Å². The number of benzene rings is 2. The highest BCUT2D eigenvalue weighted by molar-refractivity contribution is 5.83. The average molecular weight is 384 g/mol. The summed E-state index contributed by atoms with van der Waals surface area (Å²) < 4.78 is 16.6. The van der Waals surface area contributed by atoms with Gasteiger partial charge in [0.1, 0.15) is 5.75 Å². The lowest BCUT2D eigenvalue weighted by Crippen LogP contribution is -2.24. The molecule has 2 rings (SSSR count). The molecule has 6 nitrogen and oxygen atoms in total. The Bertz CT molecular complexity index is 786. The Morgan fingerprint density at radius 3 is 2.32 bits per heavy atom. The van der Waals surface area contributed by atoms with Crippen LogP contribution in [0.25, 0.3) is 0 Å². The maximum atomic E-state index is 11.9. The quantitative estimate of drug-likeness (QED) is 0.494. The molecule has 0 heterocycles. The minimum Gasteiger partial charge on any atom is -0.490 e. The van der Waals surface area contributed by atoms with E-state index in [9.17, 15) is 4.79 Å². The van der Waals surface area contributed by atoms with Crippen LogP contribution in [0.4, 0.5) is 0 Å². The summed E-state index contributed by atoms with van der Waals surface area (Å²) in [4.78, 5) is 11.9. The van der Waals surface area contributed by atoms with Crippen molar-refractivity contribution < 1.29 is 19.0 Å². The van der Waals surface area contributed by atoms with Gasteiger partial charge in [0.05, 0.1) is 19.4 Å². The molecule has 0 saturated heterocycles. The zero-order valence-corrected chi connectivity index (χ0v) is 16.9. The third-order valence-corrected chi connectivity index (χ3v) is 3.89. The highest BCUT2D eigenvalue weighted by Gasteiger charge is 2.06. The molecule has 6 heteroatoms. The lowest BCUT2D eigenvalue weighted by atomic mass is 10.0. The zero-order valence-electron chi connectivity index (χ0n) is 16.9. The number of carbonyl (C=O) groups excluding carboxylic acids is 1. The predicted octanol–water partition coefficient (Wildman–Crippen LogP) is 4.14. The van der Waals surface area contributed by atoms with Gasteiger partial charge in [0.15, 0.2) is 18.1 Å². The number of rotatable bonds is 10. The molecular formula is C22H28N2O4. The summed E-state index contributed by atoms with van der Waals surface area (Å²) in [6.07, 6.45) is 1.55. The second-order valence-electron chi connectivity index (χ2n) is 6.38. The second kappa shape index (κ2) is 11.0. The van der Waals surface area contributed by atoms with E-state index in [0.29, 0.717) is 36.4 Å². The highest BCUT2D eigenvalue weighted by atomic mass is 16.5. The molecule has 0 aromatic heterocycles. The van der Waals surface area contributed by atoms with Crippen molar-refractivity contribution in [2.75, 3.05) is 19.8 Å². The van der Waals surface area contributed by atoms with E-state index in [0.717, 1.165) is 5.56 Å². The summed E-state index contributed by atoms with van der Waals surface area (Å²) in [7, 11) is 0. The minimum atomic E-state index is -0.333. The van der Waals surface area contributed by atoms with Crippen molar-refractivity contribution in [3.8, 4) is 17.2 Å². The van der Waals surface area contributed by atoms with Crippen LogP contribution in [0.1, 0.15) is 44.7 Å². The van der Waals surface area contributed by atoms with Gasteiger partial charge in [0.25, 0.3) is 5.91 Å². The summed E-state index contributed by atoms with van der Waals surface area (Å²) in [5.41, 5.74) is 4.47. The summed E-state index contributed by atoms with van der Waals surface area (Å²) in [5.74, 6) is 2.10. The number of hydrazone groups is 1. The molecule has 0 aliphatic heterocycles. The summed E-state index contributed by atoms with van der Waals surface area (Å²) in [5, 5.41) is 3.97. The van der Waals surface area contributed by atoms with Crippen molar-refractivity contribution in [3.05, 3.63) is 53.6 Å². The topological polar surface area (TPSA) is 69.2 Å². The van der Waals surface area contributed by atoms with Crippen molar-refractivity contribution in [1.29, 1.82) is 0 Å². The van der Waals surface area contributed by atoms with Crippen LogP contribution in [0, 0.1) is 0 Å². The van der Waals surface area contributed by atoms with E-state index < -0.39 is 0 Å². The Kier molecular flexibility index (Phi) is 8.34. The largest absolute Gasteiger partial charge is 0.490 e. The second-order valence-corrected chi connectivity index (χ2v) is 6.38. The van der Waals surface area contributed by atoms with E-state index in [4.69, 9.17) is 14.2 Å². The van der Waals surface area contributed by atoms with Gasteiger partial charge < -0.3 is 14.2 Å². The van der Waals surface area contributed by atoms with E-state index in [1.807, 2.05) is 56.3 Å². The van der Waals surface area contributed by atoms with Gasteiger partial charge >= 0.3 is 0 Å². The van der Waals surface area contributed by atoms with Gasteiger partial charge in [-0.15, -0.1) is 0 Å². The van der Waals surface area contributed by atoms with Gasteiger partial charge in [-0.3, -0.25) is 4.79 Å².